The maximum Gasteiger partial charge on any atom is 0.191 e. The van der Waals surface area contributed by atoms with Crippen LogP contribution in [0.5, 0.6) is 0 Å². The monoisotopic (exact) mass is 453 g/mol. The van der Waals surface area contributed by atoms with Gasteiger partial charge in [0.15, 0.2) is 5.96 Å². The summed E-state index contributed by atoms with van der Waals surface area (Å²) in [6, 6.07) is 12.3. The molecule has 0 unspecified atom stereocenters. The normalized spacial score (nSPS) is 11.0. The van der Waals surface area contributed by atoms with Crippen LogP contribution >= 0.6 is 35.3 Å². The van der Waals surface area contributed by atoms with Crippen molar-refractivity contribution in [1.29, 1.82) is 0 Å². The smallest absolute Gasteiger partial charge is 0.191 e. The Morgan fingerprint density at radius 2 is 1.96 bits per heavy atom. The summed E-state index contributed by atoms with van der Waals surface area (Å²) in [5, 5.41) is 10.7. The Hall–Kier alpha value is -1.87. The van der Waals surface area contributed by atoms with Crippen LogP contribution in [0.15, 0.2) is 58.3 Å². The zero-order chi connectivity index (χ0) is 15.9. The van der Waals surface area contributed by atoms with Gasteiger partial charge in [-0.3, -0.25) is 4.99 Å². The van der Waals surface area contributed by atoms with Gasteiger partial charge >= 0.3 is 0 Å². The molecule has 3 aromatic rings. The first kappa shape index (κ1) is 18.5. The molecule has 0 aliphatic carbocycles. The lowest BCUT2D eigenvalue weighted by molar-refractivity contribution is 0.783. The molecule has 0 bridgehead atoms. The highest BCUT2D eigenvalue weighted by Crippen LogP contribution is 2.15. The topological polar surface area (TPSA) is 65.1 Å². The number of thiophene rings is 1. The van der Waals surface area contributed by atoms with Crippen LogP contribution < -0.4 is 10.6 Å². The van der Waals surface area contributed by atoms with Gasteiger partial charge in [-0.1, -0.05) is 30.3 Å². The first-order chi connectivity index (χ1) is 11.3. The fourth-order valence-corrected chi connectivity index (χ4v) is 2.85. The number of benzene rings is 1. The number of guanidine groups is 1. The van der Waals surface area contributed by atoms with E-state index in [0.29, 0.717) is 6.54 Å². The second-order valence-corrected chi connectivity index (χ2v) is 5.80. The van der Waals surface area contributed by atoms with Crippen LogP contribution in [0.3, 0.4) is 0 Å². The lowest BCUT2D eigenvalue weighted by Gasteiger charge is -2.10. The van der Waals surface area contributed by atoms with E-state index >= 15 is 0 Å². The van der Waals surface area contributed by atoms with E-state index in [1.807, 2.05) is 24.4 Å². The van der Waals surface area contributed by atoms with Gasteiger partial charge in [0.25, 0.3) is 0 Å². The number of nitrogens with one attached hydrogen (secondary N) is 3. The van der Waals surface area contributed by atoms with E-state index in [-0.39, 0.29) is 24.0 Å². The second-order valence-electron chi connectivity index (χ2n) is 5.02. The van der Waals surface area contributed by atoms with Crippen molar-refractivity contribution in [3.8, 4) is 11.3 Å². The molecule has 0 aliphatic rings. The van der Waals surface area contributed by atoms with Crippen molar-refractivity contribution in [2.75, 3.05) is 7.05 Å². The molecule has 3 N–H and O–H groups in total. The Bertz CT molecular complexity index is 752. The first-order valence-corrected chi connectivity index (χ1v) is 8.34. The predicted molar refractivity (Wildman–Crippen MR) is 111 cm³/mol. The van der Waals surface area contributed by atoms with E-state index in [4.69, 9.17) is 0 Å². The summed E-state index contributed by atoms with van der Waals surface area (Å²) >= 11 is 1.69. The van der Waals surface area contributed by atoms with Gasteiger partial charge in [-0.15, -0.1) is 24.0 Å². The third kappa shape index (κ3) is 5.07. The van der Waals surface area contributed by atoms with Crippen molar-refractivity contribution in [1.82, 2.24) is 20.6 Å². The van der Waals surface area contributed by atoms with Gasteiger partial charge in [-0.2, -0.15) is 11.3 Å². The van der Waals surface area contributed by atoms with Gasteiger partial charge in [0.1, 0.15) is 5.82 Å². The molecule has 7 heteroatoms. The van der Waals surface area contributed by atoms with Crippen LogP contribution in [0.4, 0.5) is 0 Å². The maximum atomic E-state index is 4.41. The molecule has 0 saturated carbocycles. The molecule has 0 aliphatic heterocycles. The highest BCUT2D eigenvalue weighted by molar-refractivity contribution is 14.0. The number of nitrogens with zero attached hydrogens (tertiary/aromatic N) is 2. The average Bonchev–Trinajstić information content (AvgIpc) is 3.27. The molecular weight excluding hydrogens is 433 g/mol. The van der Waals surface area contributed by atoms with Crippen molar-refractivity contribution >= 4 is 41.3 Å². The third-order valence-corrected chi connectivity index (χ3v) is 4.13. The van der Waals surface area contributed by atoms with Crippen LogP contribution in [0.2, 0.25) is 0 Å². The van der Waals surface area contributed by atoms with Crippen molar-refractivity contribution < 1.29 is 0 Å². The van der Waals surface area contributed by atoms with Gasteiger partial charge in [0, 0.05) is 13.6 Å². The summed E-state index contributed by atoms with van der Waals surface area (Å²) in [6.45, 7) is 1.35. The number of rotatable bonds is 5. The van der Waals surface area contributed by atoms with E-state index in [9.17, 15) is 0 Å². The number of halogens is 1. The van der Waals surface area contributed by atoms with Gasteiger partial charge in [0.2, 0.25) is 0 Å². The summed E-state index contributed by atoms with van der Waals surface area (Å²) in [6.07, 6.45) is 1.86. The quantitative estimate of drug-likeness (QED) is 0.314. The van der Waals surface area contributed by atoms with Crippen LogP contribution in [0.1, 0.15) is 11.4 Å². The van der Waals surface area contributed by atoms with Crippen molar-refractivity contribution in [2.45, 2.75) is 13.1 Å². The molecule has 0 atom stereocenters. The predicted octanol–water partition coefficient (Wildman–Crippen LogP) is 3.62. The number of aromatic amines is 1. The summed E-state index contributed by atoms with van der Waals surface area (Å²) in [5.41, 5.74) is 3.40. The molecule has 0 amide bonds. The lowest BCUT2D eigenvalue weighted by Crippen LogP contribution is -2.36. The van der Waals surface area contributed by atoms with Gasteiger partial charge in [-0.25, -0.2) is 4.98 Å². The Morgan fingerprint density at radius 1 is 1.17 bits per heavy atom. The van der Waals surface area contributed by atoms with E-state index < -0.39 is 0 Å². The molecule has 0 saturated heterocycles. The molecule has 2 heterocycles. The standard InChI is InChI=1S/C17H19N5S.HI/c1-18-17(20-9-13-7-8-23-12-13)21-11-16-19-10-15(22-16)14-5-3-2-4-6-14;/h2-8,10,12H,9,11H2,1H3,(H,19,22)(H2,18,20,21);1H. The summed E-state index contributed by atoms with van der Waals surface area (Å²) in [5.74, 6) is 1.64. The molecule has 0 fully saturated rings. The highest BCUT2D eigenvalue weighted by atomic mass is 127. The second kappa shape index (κ2) is 9.43. The molecule has 1 aromatic carbocycles. The van der Waals surface area contributed by atoms with Crippen molar-refractivity contribution in [2.24, 2.45) is 4.99 Å². The number of H-pyrrole nitrogens is 1. The Balaban J connectivity index is 0.00000208. The van der Waals surface area contributed by atoms with Crippen LogP contribution in [0, 0.1) is 0 Å². The highest BCUT2D eigenvalue weighted by Gasteiger charge is 2.04. The lowest BCUT2D eigenvalue weighted by atomic mass is 10.2. The van der Waals surface area contributed by atoms with Crippen LogP contribution in [-0.2, 0) is 13.1 Å². The molecule has 5 nitrogen and oxygen atoms in total. The van der Waals surface area contributed by atoms with E-state index in [1.165, 1.54) is 5.56 Å². The Kier molecular flexibility index (Phi) is 7.26. The number of hydrogen-bond donors (Lipinski definition) is 3. The zero-order valence-electron chi connectivity index (χ0n) is 13.3. The fraction of sp³-hybridized carbons (Fsp3) is 0.176. The number of imidazole rings is 1. The van der Waals surface area contributed by atoms with E-state index in [1.54, 1.807) is 18.4 Å². The van der Waals surface area contributed by atoms with Gasteiger partial charge in [-0.05, 0) is 28.0 Å². The largest absolute Gasteiger partial charge is 0.352 e. The van der Waals surface area contributed by atoms with Crippen molar-refractivity contribution in [3.63, 3.8) is 0 Å². The van der Waals surface area contributed by atoms with E-state index in [0.717, 1.165) is 29.6 Å². The minimum atomic E-state index is 0. The summed E-state index contributed by atoms with van der Waals surface area (Å²) in [4.78, 5) is 12.0. The minimum absolute atomic E-state index is 0. The number of aliphatic imine (C=N–C) groups is 1. The summed E-state index contributed by atoms with van der Waals surface area (Å²) < 4.78 is 0. The van der Waals surface area contributed by atoms with Crippen molar-refractivity contribution in [3.05, 3.63) is 64.7 Å². The molecule has 126 valence electrons. The number of aromatic nitrogens is 2. The molecule has 24 heavy (non-hydrogen) atoms. The molecule has 2 aromatic heterocycles. The zero-order valence-corrected chi connectivity index (χ0v) is 16.5. The van der Waals surface area contributed by atoms with Gasteiger partial charge < -0.3 is 15.6 Å². The molecule has 0 radical (unpaired) electrons. The maximum absolute atomic E-state index is 4.41. The van der Waals surface area contributed by atoms with E-state index in [2.05, 4.69) is 54.6 Å². The third-order valence-electron chi connectivity index (χ3n) is 3.40. The van der Waals surface area contributed by atoms with Crippen LogP contribution in [-0.4, -0.2) is 23.0 Å². The van der Waals surface area contributed by atoms with Gasteiger partial charge in [0.05, 0.1) is 18.4 Å². The minimum Gasteiger partial charge on any atom is -0.352 e. The van der Waals surface area contributed by atoms with Crippen LogP contribution in [0.25, 0.3) is 11.3 Å². The average molecular weight is 453 g/mol. The summed E-state index contributed by atoms with van der Waals surface area (Å²) in [7, 11) is 1.76. The SMILES string of the molecule is CN=C(NCc1ccsc1)NCc1ncc(-c2ccccc2)[nH]1.I. The molecule has 0 spiro atoms. The molecular formula is C17H20IN5S. The first-order valence-electron chi connectivity index (χ1n) is 7.40. The molecule has 3 rings (SSSR count). The number of hydrogen-bond acceptors (Lipinski definition) is 3. The Labute approximate surface area is 162 Å². The Morgan fingerprint density at radius 3 is 2.67 bits per heavy atom. The fourth-order valence-electron chi connectivity index (χ4n) is 2.18.